The number of hydrogen-bond acceptors (Lipinski definition) is 0. The van der Waals surface area contributed by atoms with Gasteiger partial charge in [-0.25, -0.2) is 0 Å². The summed E-state index contributed by atoms with van der Waals surface area (Å²) in [5.74, 6) is 0.776. The lowest BCUT2D eigenvalue weighted by Gasteiger charge is -2.14. The Hall–Kier alpha value is -0.520. The lowest BCUT2D eigenvalue weighted by Crippen LogP contribution is -2.00. The van der Waals surface area contributed by atoms with Gasteiger partial charge in [0.05, 0.1) is 0 Å². The normalized spacial score (nSPS) is 15.2. The highest BCUT2D eigenvalue weighted by Gasteiger charge is 2.07. The zero-order chi connectivity index (χ0) is 10.1. The standard InChI is InChI=1S/C13H24/c1-5-9-11-13(8-4)12(7-3)10-6-2/h8-9,11-12H,5-7,10H2,1-4H3/b11-9-,13-8+. The van der Waals surface area contributed by atoms with E-state index in [1.165, 1.54) is 24.8 Å². The van der Waals surface area contributed by atoms with Crippen LogP contribution in [0.3, 0.4) is 0 Å². The van der Waals surface area contributed by atoms with Gasteiger partial charge in [-0.15, -0.1) is 0 Å². The van der Waals surface area contributed by atoms with E-state index in [2.05, 4.69) is 45.9 Å². The van der Waals surface area contributed by atoms with Gasteiger partial charge >= 0.3 is 0 Å². The molecule has 0 fully saturated rings. The summed E-state index contributed by atoms with van der Waals surface area (Å²) < 4.78 is 0. The van der Waals surface area contributed by atoms with Gasteiger partial charge in [0.15, 0.2) is 0 Å². The maximum absolute atomic E-state index is 2.30. The van der Waals surface area contributed by atoms with Gasteiger partial charge < -0.3 is 0 Å². The third-order valence-electron chi connectivity index (χ3n) is 2.48. The van der Waals surface area contributed by atoms with Gasteiger partial charge in [-0.3, -0.25) is 0 Å². The Morgan fingerprint density at radius 2 is 1.92 bits per heavy atom. The van der Waals surface area contributed by atoms with Crippen LogP contribution in [0.25, 0.3) is 0 Å². The Bertz CT molecular complexity index is 163. The van der Waals surface area contributed by atoms with Gasteiger partial charge in [0.25, 0.3) is 0 Å². The molecular formula is C13H24. The van der Waals surface area contributed by atoms with E-state index in [-0.39, 0.29) is 0 Å². The van der Waals surface area contributed by atoms with Gasteiger partial charge in [0, 0.05) is 0 Å². The van der Waals surface area contributed by atoms with Crippen molar-refractivity contribution in [2.75, 3.05) is 0 Å². The maximum Gasteiger partial charge on any atom is -0.0168 e. The fourth-order valence-corrected chi connectivity index (χ4v) is 1.68. The van der Waals surface area contributed by atoms with Crippen LogP contribution in [0.15, 0.2) is 23.8 Å². The molecule has 0 nitrogen and oxygen atoms in total. The third-order valence-corrected chi connectivity index (χ3v) is 2.48. The Morgan fingerprint density at radius 3 is 2.31 bits per heavy atom. The fraction of sp³-hybridized carbons (Fsp3) is 0.692. The summed E-state index contributed by atoms with van der Waals surface area (Å²) >= 11 is 0. The quantitative estimate of drug-likeness (QED) is 0.519. The van der Waals surface area contributed by atoms with Crippen LogP contribution >= 0.6 is 0 Å². The molecule has 1 atom stereocenters. The minimum absolute atomic E-state index is 0.776. The van der Waals surface area contributed by atoms with Crippen molar-refractivity contribution in [2.24, 2.45) is 5.92 Å². The molecule has 0 amide bonds. The van der Waals surface area contributed by atoms with E-state index in [0.717, 1.165) is 12.3 Å². The molecule has 0 aromatic rings. The Labute approximate surface area is 83.7 Å². The van der Waals surface area contributed by atoms with Crippen LogP contribution in [0, 0.1) is 5.92 Å². The molecule has 0 bridgehead atoms. The molecule has 0 saturated heterocycles. The average Bonchev–Trinajstić information content (AvgIpc) is 2.17. The molecule has 0 heteroatoms. The van der Waals surface area contributed by atoms with E-state index in [1.807, 2.05) is 0 Å². The first-order valence-corrected chi connectivity index (χ1v) is 5.62. The molecule has 0 aromatic heterocycles. The van der Waals surface area contributed by atoms with Gasteiger partial charge in [0.2, 0.25) is 0 Å². The van der Waals surface area contributed by atoms with Crippen molar-refractivity contribution in [3.63, 3.8) is 0 Å². The second kappa shape index (κ2) is 8.10. The largest absolute Gasteiger partial charge is 0.0845 e. The molecule has 0 aromatic carbocycles. The van der Waals surface area contributed by atoms with Crippen LogP contribution in [0.2, 0.25) is 0 Å². The lowest BCUT2D eigenvalue weighted by atomic mass is 9.91. The van der Waals surface area contributed by atoms with Crippen molar-refractivity contribution in [1.82, 2.24) is 0 Å². The van der Waals surface area contributed by atoms with Crippen LogP contribution < -0.4 is 0 Å². The highest BCUT2D eigenvalue weighted by Crippen LogP contribution is 2.21. The van der Waals surface area contributed by atoms with Crippen molar-refractivity contribution in [3.05, 3.63) is 23.8 Å². The number of hydrogen-bond donors (Lipinski definition) is 0. The van der Waals surface area contributed by atoms with Crippen LogP contribution in [0.1, 0.15) is 53.4 Å². The van der Waals surface area contributed by atoms with E-state index < -0.39 is 0 Å². The molecule has 0 heterocycles. The number of allylic oxidation sites excluding steroid dienone is 4. The van der Waals surface area contributed by atoms with E-state index in [1.54, 1.807) is 0 Å². The smallest absolute Gasteiger partial charge is 0.0168 e. The molecule has 1 unspecified atom stereocenters. The summed E-state index contributed by atoms with van der Waals surface area (Å²) in [6.07, 6.45) is 11.8. The minimum Gasteiger partial charge on any atom is -0.0845 e. The van der Waals surface area contributed by atoms with E-state index >= 15 is 0 Å². The topological polar surface area (TPSA) is 0 Å². The molecule has 0 aliphatic heterocycles. The van der Waals surface area contributed by atoms with E-state index in [4.69, 9.17) is 0 Å². The second-order valence-corrected chi connectivity index (χ2v) is 3.49. The molecule has 0 aliphatic carbocycles. The maximum atomic E-state index is 2.30. The van der Waals surface area contributed by atoms with Gasteiger partial charge in [-0.1, -0.05) is 45.4 Å². The van der Waals surface area contributed by atoms with Crippen molar-refractivity contribution >= 4 is 0 Å². The van der Waals surface area contributed by atoms with E-state index in [9.17, 15) is 0 Å². The van der Waals surface area contributed by atoms with Crippen LogP contribution in [-0.2, 0) is 0 Å². The highest BCUT2D eigenvalue weighted by molar-refractivity contribution is 5.20. The predicted octanol–water partition coefficient (Wildman–Crippen LogP) is 4.73. The summed E-state index contributed by atoms with van der Waals surface area (Å²) in [5.41, 5.74) is 1.52. The Balaban J connectivity index is 4.26. The van der Waals surface area contributed by atoms with Crippen LogP contribution in [0.5, 0.6) is 0 Å². The fourth-order valence-electron chi connectivity index (χ4n) is 1.68. The first kappa shape index (κ1) is 12.5. The van der Waals surface area contributed by atoms with Gasteiger partial charge in [0.1, 0.15) is 0 Å². The van der Waals surface area contributed by atoms with E-state index in [0.29, 0.717) is 0 Å². The van der Waals surface area contributed by atoms with Crippen LogP contribution in [0.4, 0.5) is 0 Å². The van der Waals surface area contributed by atoms with Gasteiger partial charge in [-0.05, 0) is 37.7 Å². The molecule has 0 rings (SSSR count). The van der Waals surface area contributed by atoms with Crippen LogP contribution in [-0.4, -0.2) is 0 Å². The summed E-state index contributed by atoms with van der Waals surface area (Å²) in [6.45, 7) is 8.88. The summed E-state index contributed by atoms with van der Waals surface area (Å²) in [6, 6.07) is 0. The molecule has 0 radical (unpaired) electrons. The SMILES string of the molecule is C/C=C(\C=C/CC)C(CC)CCC. The predicted molar refractivity (Wildman–Crippen MR) is 61.9 cm³/mol. The summed E-state index contributed by atoms with van der Waals surface area (Å²) in [7, 11) is 0. The average molecular weight is 180 g/mol. The summed E-state index contributed by atoms with van der Waals surface area (Å²) in [4.78, 5) is 0. The molecule has 0 saturated carbocycles. The number of rotatable bonds is 6. The van der Waals surface area contributed by atoms with Crippen molar-refractivity contribution < 1.29 is 0 Å². The zero-order valence-electron chi connectivity index (χ0n) is 9.64. The molecule has 0 spiro atoms. The first-order valence-electron chi connectivity index (χ1n) is 5.62. The monoisotopic (exact) mass is 180 g/mol. The minimum atomic E-state index is 0.776. The molecule has 0 aliphatic rings. The van der Waals surface area contributed by atoms with Gasteiger partial charge in [-0.2, -0.15) is 0 Å². The van der Waals surface area contributed by atoms with Crippen molar-refractivity contribution in [1.29, 1.82) is 0 Å². The lowest BCUT2D eigenvalue weighted by molar-refractivity contribution is 0.543. The first-order chi connectivity index (χ1) is 6.29. The molecule has 0 N–H and O–H groups in total. The summed E-state index contributed by atoms with van der Waals surface area (Å²) in [5, 5.41) is 0. The molecular weight excluding hydrogens is 156 g/mol. The molecule has 13 heavy (non-hydrogen) atoms. The van der Waals surface area contributed by atoms with Crippen molar-refractivity contribution in [3.8, 4) is 0 Å². The zero-order valence-corrected chi connectivity index (χ0v) is 9.64. The second-order valence-electron chi connectivity index (χ2n) is 3.49. The highest BCUT2D eigenvalue weighted by atomic mass is 14.1. The Kier molecular flexibility index (Phi) is 7.77. The Morgan fingerprint density at radius 1 is 1.23 bits per heavy atom. The molecule has 76 valence electrons. The third kappa shape index (κ3) is 4.92. The van der Waals surface area contributed by atoms with Crippen molar-refractivity contribution in [2.45, 2.75) is 53.4 Å².